The number of amides is 1. The predicted octanol–water partition coefficient (Wildman–Crippen LogP) is 4.52. The molecule has 0 N–H and O–H groups in total. The second kappa shape index (κ2) is 11.8. The van der Waals surface area contributed by atoms with E-state index in [9.17, 15) is 9.18 Å². The van der Waals surface area contributed by atoms with Gasteiger partial charge in [-0.2, -0.15) is 9.97 Å². The summed E-state index contributed by atoms with van der Waals surface area (Å²) in [5.74, 6) is -1.84. The highest BCUT2D eigenvalue weighted by Crippen LogP contribution is 2.36. The molecule has 4 heterocycles. The zero-order valence-corrected chi connectivity index (χ0v) is 24.5. The number of methoxy groups -OCH3 is 1. The van der Waals surface area contributed by atoms with E-state index in [1.165, 1.54) is 4.90 Å². The average Bonchev–Trinajstić information content (AvgIpc) is 3.39. The number of anilines is 1. The number of benzene rings is 2. The van der Waals surface area contributed by atoms with E-state index in [1.54, 1.807) is 13.3 Å². The summed E-state index contributed by atoms with van der Waals surface area (Å²) in [5.41, 5.74) is 1.98. The SMILES string of the molecule is C=C(F)C(=O)N1CCN(c2nc(OC[C@@H]3C[C@@H](OC)CN3C)nc3c(F)c(-c4cccc5cccc(C)c45)ncc23)CC1. The first-order valence-electron chi connectivity index (χ1n) is 14.3. The minimum Gasteiger partial charge on any atom is -0.462 e. The molecular formula is C32H34F2N6O3. The van der Waals surface area contributed by atoms with Gasteiger partial charge >= 0.3 is 6.01 Å². The number of piperazine rings is 1. The van der Waals surface area contributed by atoms with Crippen molar-refractivity contribution in [3.8, 4) is 17.3 Å². The number of pyridine rings is 1. The number of nitrogens with zero attached hydrogens (tertiary/aromatic N) is 6. The molecule has 2 aromatic heterocycles. The fourth-order valence-electron chi connectivity index (χ4n) is 6.10. The zero-order valence-electron chi connectivity index (χ0n) is 24.5. The molecule has 9 nitrogen and oxygen atoms in total. The van der Waals surface area contributed by atoms with Gasteiger partial charge in [-0.3, -0.25) is 14.7 Å². The summed E-state index contributed by atoms with van der Waals surface area (Å²) in [6, 6.07) is 11.9. The third-order valence-electron chi connectivity index (χ3n) is 8.50. The molecular weight excluding hydrogens is 554 g/mol. The van der Waals surface area contributed by atoms with Crippen LogP contribution >= 0.6 is 0 Å². The Kier molecular flexibility index (Phi) is 7.93. The quantitative estimate of drug-likeness (QED) is 0.292. The Morgan fingerprint density at radius 1 is 1.12 bits per heavy atom. The summed E-state index contributed by atoms with van der Waals surface area (Å²) in [6.07, 6.45) is 2.51. The van der Waals surface area contributed by atoms with Crippen LogP contribution in [0.2, 0.25) is 0 Å². The lowest BCUT2D eigenvalue weighted by Gasteiger charge is -2.35. The number of likely N-dealkylation sites (tertiary alicyclic amines) is 1. The van der Waals surface area contributed by atoms with Crippen molar-refractivity contribution in [2.45, 2.75) is 25.5 Å². The van der Waals surface area contributed by atoms with Gasteiger partial charge in [0.1, 0.15) is 23.6 Å². The van der Waals surface area contributed by atoms with Gasteiger partial charge in [0.15, 0.2) is 11.6 Å². The summed E-state index contributed by atoms with van der Waals surface area (Å²) in [5, 5.41) is 2.34. The van der Waals surface area contributed by atoms with Crippen molar-refractivity contribution >= 4 is 33.4 Å². The smallest absolute Gasteiger partial charge is 0.319 e. The van der Waals surface area contributed by atoms with E-state index in [2.05, 4.69) is 21.4 Å². The van der Waals surface area contributed by atoms with Crippen molar-refractivity contribution in [2.24, 2.45) is 0 Å². The first-order valence-corrected chi connectivity index (χ1v) is 14.3. The number of aryl methyl sites for hydroxylation is 1. The maximum atomic E-state index is 16.5. The average molecular weight is 589 g/mol. The lowest BCUT2D eigenvalue weighted by atomic mass is 9.97. The number of carbonyl (C=O) groups is 1. The zero-order chi connectivity index (χ0) is 30.2. The van der Waals surface area contributed by atoms with Crippen LogP contribution in [-0.4, -0.2) is 96.3 Å². The molecule has 2 fully saturated rings. The third-order valence-corrected chi connectivity index (χ3v) is 8.50. The number of aromatic nitrogens is 3. The number of likely N-dealkylation sites (N-methyl/N-ethyl adjacent to an activating group) is 1. The number of hydrogen-bond acceptors (Lipinski definition) is 8. The van der Waals surface area contributed by atoms with Crippen molar-refractivity contribution < 1.29 is 23.0 Å². The number of ether oxygens (including phenoxy) is 2. The van der Waals surface area contributed by atoms with Crippen LogP contribution in [0.5, 0.6) is 6.01 Å². The molecule has 2 aliphatic heterocycles. The van der Waals surface area contributed by atoms with Gasteiger partial charge in [-0.15, -0.1) is 0 Å². The van der Waals surface area contributed by atoms with Crippen LogP contribution in [0, 0.1) is 12.7 Å². The topological polar surface area (TPSA) is 83.9 Å². The normalized spacial score (nSPS) is 19.4. The van der Waals surface area contributed by atoms with E-state index >= 15 is 4.39 Å². The lowest BCUT2D eigenvalue weighted by Crippen LogP contribution is -2.49. The highest BCUT2D eigenvalue weighted by Gasteiger charge is 2.31. The van der Waals surface area contributed by atoms with E-state index in [4.69, 9.17) is 14.5 Å². The lowest BCUT2D eigenvalue weighted by molar-refractivity contribution is -0.128. The Morgan fingerprint density at radius 2 is 1.86 bits per heavy atom. The summed E-state index contributed by atoms with van der Waals surface area (Å²) in [6.45, 7) is 7.46. The molecule has 0 radical (unpaired) electrons. The van der Waals surface area contributed by atoms with Gasteiger partial charge in [-0.05, 0) is 36.7 Å². The molecule has 2 atom stereocenters. The van der Waals surface area contributed by atoms with Gasteiger partial charge in [-0.25, -0.2) is 8.78 Å². The van der Waals surface area contributed by atoms with E-state index in [0.717, 1.165) is 29.3 Å². The Morgan fingerprint density at radius 3 is 2.56 bits per heavy atom. The third kappa shape index (κ3) is 5.50. The monoisotopic (exact) mass is 588 g/mol. The standard InChI is InChI=1S/C32H34F2N6O3/c1-19-7-5-8-21-9-6-10-24(26(19)21)28-27(34)29-25(16-35-28)30(39-11-13-40(14-12-39)31(41)20(2)33)37-32(36-29)43-18-22-15-23(42-4)17-38(22)3/h5-10,16,22-23H,2,11-15,17-18H2,1,3-4H3/t22-,23+/m0/s1. The molecule has 2 aromatic carbocycles. The van der Waals surface area contributed by atoms with Crippen LogP contribution < -0.4 is 9.64 Å². The van der Waals surface area contributed by atoms with Crippen LogP contribution in [0.3, 0.4) is 0 Å². The van der Waals surface area contributed by atoms with Crippen molar-refractivity contribution in [1.82, 2.24) is 24.8 Å². The van der Waals surface area contributed by atoms with E-state index < -0.39 is 17.6 Å². The molecule has 6 rings (SSSR count). The molecule has 2 saturated heterocycles. The number of halogens is 2. The molecule has 11 heteroatoms. The van der Waals surface area contributed by atoms with Gasteiger partial charge in [0.2, 0.25) is 0 Å². The fraction of sp³-hybridized carbons (Fsp3) is 0.375. The van der Waals surface area contributed by atoms with Crippen molar-refractivity contribution in [3.05, 3.63) is 66.4 Å². The molecule has 0 unspecified atom stereocenters. The molecule has 0 saturated carbocycles. The fourth-order valence-corrected chi connectivity index (χ4v) is 6.10. The maximum Gasteiger partial charge on any atom is 0.319 e. The largest absolute Gasteiger partial charge is 0.462 e. The summed E-state index contributed by atoms with van der Waals surface area (Å²) in [4.78, 5) is 31.5. The van der Waals surface area contributed by atoms with E-state index in [0.29, 0.717) is 36.5 Å². The van der Waals surface area contributed by atoms with Crippen LogP contribution in [-0.2, 0) is 9.53 Å². The first kappa shape index (κ1) is 28.9. The van der Waals surface area contributed by atoms with E-state index in [-0.39, 0.29) is 42.5 Å². The number of rotatable bonds is 7. The molecule has 4 aromatic rings. The van der Waals surface area contributed by atoms with Crippen molar-refractivity contribution in [3.63, 3.8) is 0 Å². The van der Waals surface area contributed by atoms with E-state index in [1.807, 2.05) is 55.3 Å². The van der Waals surface area contributed by atoms with Gasteiger partial charge in [-0.1, -0.05) is 43.0 Å². The maximum absolute atomic E-state index is 16.5. The Labute approximate surface area is 248 Å². The number of hydrogen-bond donors (Lipinski definition) is 0. The van der Waals surface area contributed by atoms with Crippen LogP contribution in [0.15, 0.2) is 55.0 Å². The van der Waals surface area contributed by atoms with Gasteiger partial charge in [0, 0.05) is 57.6 Å². The molecule has 43 heavy (non-hydrogen) atoms. The molecule has 224 valence electrons. The van der Waals surface area contributed by atoms with Gasteiger partial charge < -0.3 is 19.3 Å². The minimum absolute atomic E-state index is 0.0533. The summed E-state index contributed by atoms with van der Waals surface area (Å²) >= 11 is 0. The minimum atomic E-state index is -0.994. The number of fused-ring (bicyclic) bond motifs is 2. The van der Waals surface area contributed by atoms with Gasteiger partial charge in [0.05, 0.1) is 11.5 Å². The Balaban J connectivity index is 1.40. The van der Waals surface area contributed by atoms with Crippen LogP contribution in [0.4, 0.5) is 14.6 Å². The Hall–Kier alpha value is -4.22. The Bertz CT molecular complexity index is 1700. The van der Waals surface area contributed by atoms with Crippen LogP contribution in [0.1, 0.15) is 12.0 Å². The molecule has 0 aliphatic carbocycles. The van der Waals surface area contributed by atoms with Crippen LogP contribution in [0.25, 0.3) is 32.9 Å². The second-order valence-corrected chi connectivity index (χ2v) is 11.2. The number of carbonyl (C=O) groups excluding carboxylic acids is 1. The second-order valence-electron chi connectivity index (χ2n) is 11.2. The molecule has 0 spiro atoms. The molecule has 2 aliphatic rings. The first-order chi connectivity index (χ1) is 20.7. The molecule has 0 bridgehead atoms. The predicted molar refractivity (Wildman–Crippen MR) is 161 cm³/mol. The van der Waals surface area contributed by atoms with Crippen molar-refractivity contribution in [1.29, 1.82) is 0 Å². The highest BCUT2D eigenvalue weighted by molar-refractivity contribution is 6.00. The van der Waals surface area contributed by atoms with Crippen molar-refractivity contribution in [2.75, 3.05) is 58.4 Å². The summed E-state index contributed by atoms with van der Waals surface area (Å²) < 4.78 is 41.7. The highest BCUT2D eigenvalue weighted by atomic mass is 19.1. The molecule has 1 amide bonds. The summed E-state index contributed by atoms with van der Waals surface area (Å²) in [7, 11) is 3.71. The van der Waals surface area contributed by atoms with Gasteiger partial charge in [0.25, 0.3) is 5.91 Å².